The van der Waals surface area contributed by atoms with Crippen LogP contribution >= 0.6 is 15.9 Å². The van der Waals surface area contributed by atoms with Gasteiger partial charge in [0.1, 0.15) is 5.82 Å². The highest BCUT2D eigenvalue weighted by molar-refractivity contribution is 9.10. The first kappa shape index (κ1) is 12.1. The Hall–Kier alpha value is -1.36. The topological polar surface area (TPSA) is 42.7 Å². The largest absolute Gasteiger partial charge is 0.367 e. The minimum atomic E-state index is 0.801. The van der Waals surface area contributed by atoms with Crippen LogP contribution < -0.4 is 5.32 Å². The van der Waals surface area contributed by atoms with Crippen molar-refractivity contribution < 1.29 is 0 Å². The number of anilines is 1. The molecule has 0 aliphatic carbocycles. The molecule has 17 heavy (non-hydrogen) atoms. The normalized spacial score (nSPS) is 10.5. The zero-order valence-electron chi connectivity index (χ0n) is 9.94. The Morgan fingerprint density at radius 3 is 2.76 bits per heavy atom. The molecule has 0 aromatic carbocycles. The van der Waals surface area contributed by atoms with Crippen LogP contribution in [0.4, 0.5) is 5.82 Å². The van der Waals surface area contributed by atoms with E-state index in [1.165, 1.54) is 5.56 Å². The molecule has 0 saturated heterocycles. The third-order valence-corrected chi connectivity index (χ3v) is 2.98. The van der Waals surface area contributed by atoms with Crippen molar-refractivity contribution >= 4 is 21.7 Å². The molecule has 0 fully saturated rings. The molecule has 4 nitrogen and oxygen atoms in total. The number of aromatic nitrogens is 3. The highest BCUT2D eigenvalue weighted by atomic mass is 79.9. The van der Waals surface area contributed by atoms with Gasteiger partial charge in [0.2, 0.25) is 0 Å². The van der Waals surface area contributed by atoms with E-state index in [2.05, 4.69) is 31.3 Å². The molecule has 1 N–H and O–H groups in total. The number of hydrogen-bond acceptors (Lipinski definition) is 3. The molecule has 2 aromatic rings. The molecular formula is C12H15BrN4. The number of halogens is 1. The Labute approximate surface area is 109 Å². The summed E-state index contributed by atoms with van der Waals surface area (Å²) in [6.45, 7) is 5.69. The molecular weight excluding hydrogens is 280 g/mol. The van der Waals surface area contributed by atoms with E-state index in [-0.39, 0.29) is 0 Å². The summed E-state index contributed by atoms with van der Waals surface area (Å²) in [6, 6.07) is 2.05. The molecule has 0 unspecified atom stereocenters. The van der Waals surface area contributed by atoms with E-state index in [1.54, 1.807) is 0 Å². The molecule has 0 amide bonds. The predicted molar refractivity (Wildman–Crippen MR) is 72.1 cm³/mol. The number of hydrogen-bond donors (Lipinski definition) is 1. The maximum Gasteiger partial charge on any atom is 0.140 e. The van der Waals surface area contributed by atoms with E-state index in [0.717, 1.165) is 28.9 Å². The van der Waals surface area contributed by atoms with Crippen molar-refractivity contribution in [2.75, 3.05) is 11.9 Å². The van der Waals surface area contributed by atoms with E-state index in [4.69, 9.17) is 0 Å². The summed E-state index contributed by atoms with van der Waals surface area (Å²) in [5.41, 5.74) is 2.32. The maximum atomic E-state index is 4.33. The minimum absolute atomic E-state index is 0.801. The zero-order valence-corrected chi connectivity index (χ0v) is 11.5. The Morgan fingerprint density at radius 1 is 1.29 bits per heavy atom. The van der Waals surface area contributed by atoms with Crippen LogP contribution in [0.1, 0.15) is 11.1 Å². The zero-order chi connectivity index (χ0) is 12.3. The van der Waals surface area contributed by atoms with Gasteiger partial charge < -0.3 is 5.32 Å². The third kappa shape index (κ3) is 3.30. The van der Waals surface area contributed by atoms with Crippen LogP contribution in [-0.2, 0) is 6.54 Å². The molecule has 2 rings (SSSR count). The second-order valence-electron chi connectivity index (χ2n) is 4.05. The van der Waals surface area contributed by atoms with Crippen LogP contribution in [0, 0.1) is 13.8 Å². The van der Waals surface area contributed by atoms with Gasteiger partial charge in [-0.1, -0.05) is 0 Å². The van der Waals surface area contributed by atoms with Crippen molar-refractivity contribution in [3.05, 3.63) is 40.3 Å². The van der Waals surface area contributed by atoms with E-state index >= 15 is 0 Å². The van der Waals surface area contributed by atoms with Gasteiger partial charge in [-0.15, -0.1) is 0 Å². The van der Waals surface area contributed by atoms with Gasteiger partial charge in [0.15, 0.2) is 0 Å². The lowest BCUT2D eigenvalue weighted by Gasteiger charge is -2.08. The fraction of sp³-hybridized carbons (Fsp3) is 0.333. The third-order valence-electron chi connectivity index (χ3n) is 2.37. The Morgan fingerprint density at radius 2 is 2.12 bits per heavy atom. The molecule has 0 aliphatic rings. The summed E-state index contributed by atoms with van der Waals surface area (Å²) >= 11 is 3.49. The summed E-state index contributed by atoms with van der Waals surface area (Å²) in [6.07, 6.45) is 5.74. The van der Waals surface area contributed by atoms with Gasteiger partial charge in [-0.2, -0.15) is 5.10 Å². The summed E-state index contributed by atoms with van der Waals surface area (Å²) in [4.78, 5) is 4.33. The molecule has 0 radical (unpaired) electrons. The van der Waals surface area contributed by atoms with Crippen molar-refractivity contribution in [1.82, 2.24) is 14.8 Å². The minimum Gasteiger partial charge on any atom is -0.367 e. The first-order valence-corrected chi connectivity index (χ1v) is 6.29. The molecule has 0 spiro atoms. The van der Waals surface area contributed by atoms with Crippen LogP contribution in [0.2, 0.25) is 0 Å². The SMILES string of the molecule is Cc1cnc(NCCn2cc(C)cn2)c(Br)c1. The van der Waals surface area contributed by atoms with Gasteiger partial charge in [0.25, 0.3) is 0 Å². The summed E-state index contributed by atoms with van der Waals surface area (Å²) in [7, 11) is 0. The highest BCUT2D eigenvalue weighted by Gasteiger charge is 2.01. The molecule has 0 aliphatic heterocycles. The average Bonchev–Trinajstić information content (AvgIpc) is 2.68. The number of aryl methyl sites for hydroxylation is 2. The standard InChI is InChI=1S/C12H15BrN4/c1-9-5-11(13)12(15-6-9)14-3-4-17-8-10(2)7-16-17/h5-8H,3-4H2,1-2H3,(H,14,15). The lowest BCUT2D eigenvalue weighted by Crippen LogP contribution is -2.12. The number of nitrogens with one attached hydrogen (secondary N) is 1. The van der Waals surface area contributed by atoms with Crippen molar-refractivity contribution in [2.24, 2.45) is 0 Å². The first-order valence-electron chi connectivity index (χ1n) is 5.50. The summed E-state index contributed by atoms with van der Waals surface area (Å²) in [5, 5.41) is 7.51. The number of rotatable bonds is 4. The first-order chi connectivity index (χ1) is 8.15. The van der Waals surface area contributed by atoms with Gasteiger partial charge in [-0.25, -0.2) is 4.98 Å². The summed E-state index contributed by atoms with van der Waals surface area (Å²) < 4.78 is 2.92. The highest BCUT2D eigenvalue weighted by Crippen LogP contribution is 2.20. The molecule has 2 aromatic heterocycles. The second-order valence-corrected chi connectivity index (χ2v) is 4.90. The van der Waals surface area contributed by atoms with Gasteiger partial charge in [-0.05, 0) is 47.0 Å². The maximum absolute atomic E-state index is 4.33. The van der Waals surface area contributed by atoms with Crippen LogP contribution in [0.5, 0.6) is 0 Å². The Balaban J connectivity index is 1.90. The Bertz CT molecular complexity index is 507. The van der Waals surface area contributed by atoms with Crippen molar-refractivity contribution in [3.8, 4) is 0 Å². The van der Waals surface area contributed by atoms with E-state index in [1.807, 2.05) is 43.2 Å². The van der Waals surface area contributed by atoms with Crippen LogP contribution in [0.15, 0.2) is 29.1 Å². The van der Waals surface area contributed by atoms with Crippen molar-refractivity contribution in [3.63, 3.8) is 0 Å². The van der Waals surface area contributed by atoms with Crippen molar-refractivity contribution in [2.45, 2.75) is 20.4 Å². The van der Waals surface area contributed by atoms with E-state index < -0.39 is 0 Å². The molecule has 0 atom stereocenters. The van der Waals surface area contributed by atoms with Gasteiger partial charge >= 0.3 is 0 Å². The smallest absolute Gasteiger partial charge is 0.140 e. The average molecular weight is 295 g/mol. The van der Waals surface area contributed by atoms with E-state index in [9.17, 15) is 0 Å². The molecule has 90 valence electrons. The van der Waals surface area contributed by atoms with Crippen LogP contribution in [0.25, 0.3) is 0 Å². The Kier molecular flexibility index (Phi) is 3.78. The molecule has 0 saturated carbocycles. The molecule has 5 heteroatoms. The lowest BCUT2D eigenvalue weighted by molar-refractivity contribution is 0.636. The van der Waals surface area contributed by atoms with E-state index in [0.29, 0.717) is 0 Å². The van der Waals surface area contributed by atoms with Gasteiger partial charge in [0.05, 0.1) is 17.2 Å². The fourth-order valence-corrected chi connectivity index (χ4v) is 2.15. The van der Waals surface area contributed by atoms with Crippen LogP contribution in [-0.4, -0.2) is 21.3 Å². The van der Waals surface area contributed by atoms with Crippen LogP contribution in [0.3, 0.4) is 0 Å². The second kappa shape index (κ2) is 5.31. The fourth-order valence-electron chi connectivity index (χ4n) is 1.54. The predicted octanol–water partition coefficient (Wildman–Crippen LogP) is 2.77. The van der Waals surface area contributed by atoms with Crippen molar-refractivity contribution in [1.29, 1.82) is 0 Å². The summed E-state index contributed by atoms with van der Waals surface area (Å²) in [5.74, 6) is 0.875. The lowest BCUT2D eigenvalue weighted by atomic mass is 10.3. The van der Waals surface area contributed by atoms with Gasteiger partial charge in [0, 0.05) is 18.9 Å². The molecule has 2 heterocycles. The monoisotopic (exact) mass is 294 g/mol. The molecule has 0 bridgehead atoms. The number of pyridine rings is 1. The van der Waals surface area contributed by atoms with Gasteiger partial charge in [-0.3, -0.25) is 4.68 Å². The number of nitrogens with zero attached hydrogens (tertiary/aromatic N) is 3. The quantitative estimate of drug-likeness (QED) is 0.943.